The minimum atomic E-state index is -0.438. The first-order chi connectivity index (χ1) is 14.0. The van der Waals surface area contributed by atoms with E-state index in [-0.39, 0.29) is 18.1 Å². The fourth-order valence-corrected chi connectivity index (χ4v) is 3.68. The minimum absolute atomic E-state index is 0.0338. The molecule has 1 N–H and O–H groups in total. The van der Waals surface area contributed by atoms with Crippen LogP contribution in [0.25, 0.3) is 0 Å². The summed E-state index contributed by atoms with van der Waals surface area (Å²) < 4.78 is 5.24. The lowest BCUT2D eigenvalue weighted by Crippen LogP contribution is -2.42. The number of ether oxygens (including phenoxy) is 1. The van der Waals surface area contributed by atoms with Gasteiger partial charge in [-0.3, -0.25) is 19.8 Å². The molecule has 1 heterocycles. The summed E-state index contributed by atoms with van der Waals surface area (Å²) in [5.41, 5.74) is 2.93. The number of hydrazone groups is 1. The van der Waals surface area contributed by atoms with Crippen LogP contribution >= 0.6 is 23.4 Å². The van der Waals surface area contributed by atoms with Crippen LogP contribution in [0, 0.1) is 10.1 Å². The molecule has 0 bridgehead atoms. The van der Waals surface area contributed by atoms with E-state index in [2.05, 4.69) is 10.5 Å². The number of nitro benzene ring substituents is 1. The zero-order valence-corrected chi connectivity index (χ0v) is 17.0. The van der Waals surface area contributed by atoms with E-state index in [0.29, 0.717) is 41.8 Å². The van der Waals surface area contributed by atoms with Crippen molar-refractivity contribution in [2.75, 3.05) is 32.8 Å². The largest absolute Gasteiger partial charge is 0.379 e. The van der Waals surface area contributed by atoms with Gasteiger partial charge in [0.15, 0.2) is 0 Å². The van der Waals surface area contributed by atoms with Crippen LogP contribution in [0.4, 0.5) is 5.69 Å². The van der Waals surface area contributed by atoms with E-state index < -0.39 is 4.92 Å². The van der Waals surface area contributed by atoms with Gasteiger partial charge in [0, 0.05) is 34.6 Å². The first-order valence-electron chi connectivity index (χ1n) is 8.85. The van der Waals surface area contributed by atoms with Crippen molar-refractivity contribution in [2.45, 2.75) is 9.79 Å². The fourth-order valence-electron chi connectivity index (χ4n) is 2.65. The number of nitro groups is 1. The van der Waals surface area contributed by atoms with E-state index in [4.69, 9.17) is 16.3 Å². The zero-order chi connectivity index (χ0) is 20.6. The predicted octanol–water partition coefficient (Wildman–Crippen LogP) is 3.18. The van der Waals surface area contributed by atoms with Crippen LogP contribution in [0.1, 0.15) is 5.56 Å². The molecule has 2 aromatic carbocycles. The number of carbonyl (C=O) groups excluding carboxylic acids is 1. The van der Waals surface area contributed by atoms with Gasteiger partial charge in [-0.25, -0.2) is 5.43 Å². The van der Waals surface area contributed by atoms with Crippen molar-refractivity contribution in [3.8, 4) is 0 Å². The van der Waals surface area contributed by atoms with Crippen molar-refractivity contribution < 1.29 is 14.5 Å². The average Bonchev–Trinajstić information content (AvgIpc) is 2.71. The number of nitrogens with one attached hydrogen (secondary N) is 1. The molecule has 0 radical (unpaired) electrons. The van der Waals surface area contributed by atoms with Gasteiger partial charge in [0.1, 0.15) is 0 Å². The summed E-state index contributed by atoms with van der Waals surface area (Å²) in [4.78, 5) is 26.3. The molecular formula is C19H19ClN4O4S. The summed E-state index contributed by atoms with van der Waals surface area (Å²) in [5, 5.41) is 16.0. The zero-order valence-electron chi connectivity index (χ0n) is 15.4. The van der Waals surface area contributed by atoms with Gasteiger partial charge in [-0.1, -0.05) is 29.4 Å². The topological polar surface area (TPSA) is 97.1 Å². The molecule has 1 amide bonds. The number of nitrogens with zero attached hydrogens (tertiary/aromatic N) is 3. The summed E-state index contributed by atoms with van der Waals surface area (Å²) in [6, 6.07) is 11.9. The van der Waals surface area contributed by atoms with Crippen LogP contribution in [0.5, 0.6) is 0 Å². The summed E-state index contributed by atoms with van der Waals surface area (Å²) in [6.45, 7) is 2.87. The second kappa shape index (κ2) is 10.4. The Morgan fingerprint density at radius 1 is 1.28 bits per heavy atom. The fraction of sp³-hybridized carbons (Fsp3) is 0.263. The standard InChI is InChI=1S/C19H19ClN4O4S/c20-15-2-4-16(5-3-15)29-18-6-1-14(11-17(18)24(26)27)12-21-22-19(25)13-23-7-9-28-10-8-23/h1-6,11-12H,7-10,13H2,(H,22,25). The molecule has 0 aliphatic carbocycles. The lowest BCUT2D eigenvalue weighted by Gasteiger charge is -2.25. The Kier molecular flexibility index (Phi) is 7.59. The number of benzene rings is 2. The minimum Gasteiger partial charge on any atom is -0.379 e. The first-order valence-corrected chi connectivity index (χ1v) is 10.0. The molecule has 0 atom stereocenters. The van der Waals surface area contributed by atoms with E-state index in [1.54, 1.807) is 36.4 Å². The van der Waals surface area contributed by atoms with Crippen molar-refractivity contribution in [1.82, 2.24) is 10.3 Å². The quantitative estimate of drug-likeness (QED) is 0.408. The van der Waals surface area contributed by atoms with Crippen LogP contribution < -0.4 is 5.43 Å². The first kappa shape index (κ1) is 21.3. The van der Waals surface area contributed by atoms with Crippen molar-refractivity contribution >= 4 is 41.2 Å². The highest BCUT2D eigenvalue weighted by atomic mass is 35.5. The van der Waals surface area contributed by atoms with Crippen molar-refractivity contribution in [1.29, 1.82) is 0 Å². The van der Waals surface area contributed by atoms with Crippen LogP contribution in [-0.4, -0.2) is 54.8 Å². The van der Waals surface area contributed by atoms with Gasteiger partial charge in [-0.15, -0.1) is 0 Å². The Bertz CT molecular complexity index is 902. The van der Waals surface area contributed by atoms with E-state index >= 15 is 0 Å². The monoisotopic (exact) mass is 434 g/mol. The third-order valence-electron chi connectivity index (χ3n) is 4.09. The molecular weight excluding hydrogens is 416 g/mol. The lowest BCUT2D eigenvalue weighted by molar-refractivity contribution is -0.387. The van der Waals surface area contributed by atoms with E-state index in [1.165, 1.54) is 24.0 Å². The van der Waals surface area contributed by atoms with E-state index in [9.17, 15) is 14.9 Å². The number of carbonyl (C=O) groups is 1. The molecule has 8 nitrogen and oxygen atoms in total. The number of amides is 1. The Morgan fingerprint density at radius 3 is 2.69 bits per heavy atom. The maximum absolute atomic E-state index is 11.9. The van der Waals surface area contributed by atoms with Crippen molar-refractivity contribution in [3.05, 3.63) is 63.2 Å². The van der Waals surface area contributed by atoms with Crippen molar-refractivity contribution in [2.24, 2.45) is 5.10 Å². The summed E-state index contributed by atoms with van der Waals surface area (Å²) in [5.74, 6) is -0.243. The lowest BCUT2D eigenvalue weighted by atomic mass is 10.2. The average molecular weight is 435 g/mol. The number of hydrogen-bond acceptors (Lipinski definition) is 7. The van der Waals surface area contributed by atoms with Crippen LogP contribution in [0.2, 0.25) is 5.02 Å². The summed E-state index contributed by atoms with van der Waals surface area (Å²) in [7, 11) is 0. The van der Waals surface area contributed by atoms with Gasteiger partial charge in [0.2, 0.25) is 0 Å². The van der Waals surface area contributed by atoms with Gasteiger partial charge in [0.25, 0.3) is 11.6 Å². The summed E-state index contributed by atoms with van der Waals surface area (Å²) >= 11 is 7.15. The number of hydrogen-bond donors (Lipinski definition) is 1. The molecule has 0 unspecified atom stereocenters. The Hall–Kier alpha value is -2.46. The van der Waals surface area contributed by atoms with Gasteiger partial charge < -0.3 is 4.74 Å². The molecule has 2 aromatic rings. The molecule has 1 aliphatic heterocycles. The maximum Gasteiger partial charge on any atom is 0.283 e. The maximum atomic E-state index is 11.9. The number of halogens is 1. The highest BCUT2D eigenvalue weighted by Gasteiger charge is 2.16. The third-order valence-corrected chi connectivity index (χ3v) is 5.42. The van der Waals surface area contributed by atoms with Crippen LogP contribution in [0.3, 0.4) is 0 Å². The Morgan fingerprint density at radius 2 is 2.00 bits per heavy atom. The molecule has 1 saturated heterocycles. The molecule has 0 spiro atoms. The Labute approximate surface area is 177 Å². The molecule has 1 aliphatic rings. The molecule has 152 valence electrons. The highest BCUT2D eigenvalue weighted by molar-refractivity contribution is 7.99. The summed E-state index contributed by atoms with van der Waals surface area (Å²) in [6.07, 6.45) is 1.39. The van der Waals surface area contributed by atoms with Gasteiger partial charge in [0.05, 0.1) is 35.8 Å². The predicted molar refractivity (Wildman–Crippen MR) is 112 cm³/mol. The van der Waals surface area contributed by atoms with Crippen LogP contribution in [0.15, 0.2) is 57.4 Å². The van der Waals surface area contributed by atoms with Gasteiger partial charge >= 0.3 is 0 Å². The van der Waals surface area contributed by atoms with E-state index in [0.717, 1.165) is 4.90 Å². The van der Waals surface area contributed by atoms with E-state index in [1.807, 2.05) is 4.90 Å². The molecule has 0 aromatic heterocycles. The SMILES string of the molecule is O=C(CN1CCOCC1)NN=Cc1ccc(Sc2ccc(Cl)cc2)c([N+](=O)[O-])c1. The third kappa shape index (κ3) is 6.53. The molecule has 3 rings (SSSR count). The molecule has 10 heteroatoms. The molecule has 29 heavy (non-hydrogen) atoms. The highest BCUT2D eigenvalue weighted by Crippen LogP contribution is 2.35. The van der Waals surface area contributed by atoms with Crippen LogP contribution in [-0.2, 0) is 9.53 Å². The molecule has 1 fully saturated rings. The Balaban J connectivity index is 1.62. The normalized spacial score (nSPS) is 14.8. The van der Waals surface area contributed by atoms with Gasteiger partial charge in [-0.2, -0.15) is 5.10 Å². The molecule has 0 saturated carbocycles. The second-order valence-electron chi connectivity index (χ2n) is 6.22. The number of rotatable bonds is 7. The second-order valence-corrected chi connectivity index (χ2v) is 7.77. The van der Waals surface area contributed by atoms with Crippen molar-refractivity contribution in [3.63, 3.8) is 0 Å². The number of morpholine rings is 1. The smallest absolute Gasteiger partial charge is 0.283 e. The van der Waals surface area contributed by atoms with Gasteiger partial charge in [-0.05, 0) is 30.3 Å².